The second-order valence-corrected chi connectivity index (χ2v) is 6.94. The van der Waals surface area contributed by atoms with Crippen molar-refractivity contribution in [2.24, 2.45) is 0 Å². The van der Waals surface area contributed by atoms with E-state index in [4.69, 9.17) is 17.0 Å². The molecule has 2 fully saturated rings. The van der Waals surface area contributed by atoms with Crippen molar-refractivity contribution < 1.29 is 4.74 Å². The molecular formula is C16H23N3OS. The Morgan fingerprint density at radius 1 is 1.19 bits per heavy atom. The number of rotatable bonds is 1. The van der Waals surface area contributed by atoms with E-state index in [0.717, 1.165) is 36.5 Å². The number of aromatic nitrogens is 2. The van der Waals surface area contributed by atoms with Crippen molar-refractivity contribution in [1.82, 2.24) is 14.9 Å². The van der Waals surface area contributed by atoms with Gasteiger partial charge in [0.05, 0.1) is 6.61 Å². The molecule has 2 aliphatic heterocycles. The minimum atomic E-state index is 0.0644. The molecule has 2 saturated heterocycles. The van der Waals surface area contributed by atoms with Gasteiger partial charge in [0, 0.05) is 23.8 Å². The van der Waals surface area contributed by atoms with Crippen molar-refractivity contribution >= 4 is 12.2 Å². The zero-order valence-corrected chi connectivity index (χ0v) is 13.3. The summed E-state index contributed by atoms with van der Waals surface area (Å²) in [5, 5.41) is 0. The van der Waals surface area contributed by atoms with Gasteiger partial charge in [0.15, 0.2) is 0 Å². The van der Waals surface area contributed by atoms with Gasteiger partial charge in [-0.1, -0.05) is 18.6 Å². The van der Waals surface area contributed by atoms with E-state index in [1.807, 2.05) is 0 Å². The Bertz CT molecular complexity index is 585. The van der Waals surface area contributed by atoms with E-state index in [9.17, 15) is 0 Å². The maximum absolute atomic E-state index is 6.07. The Balaban J connectivity index is 1.62. The summed E-state index contributed by atoms with van der Waals surface area (Å²) in [7, 11) is 0. The predicted molar refractivity (Wildman–Crippen MR) is 84.0 cm³/mol. The Labute approximate surface area is 130 Å². The fourth-order valence-corrected chi connectivity index (χ4v) is 4.27. The van der Waals surface area contributed by atoms with Gasteiger partial charge in [0.1, 0.15) is 16.6 Å². The van der Waals surface area contributed by atoms with Crippen molar-refractivity contribution in [3.8, 4) is 0 Å². The first-order valence-electron chi connectivity index (χ1n) is 8.29. The second kappa shape index (κ2) is 5.78. The summed E-state index contributed by atoms with van der Waals surface area (Å²) in [6.07, 6.45) is 8.61. The number of hydrogen-bond acceptors (Lipinski definition) is 4. The van der Waals surface area contributed by atoms with Crippen LogP contribution >= 0.6 is 12.2 Å². The fraction of sp³-hybridized carbons (Fsp3) is 0.750. The summed E-state index contributed by atoms with van der Waals surface area (Å²) in [5.74, 6) is 0.950. The lowest BCUT2D eigenvalue weighted by Crippen LogP contribution is -2.43. The topological polar surface area (TPSA) is 41.2 Å². The Hall–Kier alpha value is -0.780. The number of morpholine rings is 1. The van der Waals surface area contributed by atoms with Gasteiger partial charge in [0.25, 0.3) is 0 Å². The van der Waals surface area contributed by atoms with Crippen LogP contribution in [0.5, 0.6) is 0 Å². The van der Waals surface area contributed by atoms with Gasteiger partial charge in [0.2, 0.25) is 0 Å². The van der Waals surface area contributed by atoms with E-state index in [1.165, 1.54) is 49.9 Å². The zero-order valence-electron chi connectivity index (χ0n) is 12.4. The first-order valence-corrected chi connectivity index (χ1v) is 8.70. The average Bonchev–Trinajstić information content (AvgIpc) is 2.83. The van der Waals surface area contributed by atoms with Gasteiger partial charge in [-0.2, -0.15) is 0 Å². The molecule has 2 atom stereocenters. The SMILES string of the molecule is S=c1nc(C2CN3CCCC3CO2)[nH]c2c1CCCCC2. The third kappa shape index (κ3) is 2.67. The lowest BCUT2D eigenvalue weighted by Gasteiger charge is -2.34. The third-order valence-electron chi connectivity index (χ3n) is 5.17. The molecule has 0 bridgehead atoms. The first-order chi connectivity index (χ1) is 10.3. The van der Waals surface area contributed by atoms with Crippen LogP contribution in [0.25, 0.3) is 0 Å². The number of ether oxygens (including phenoxy) is 1. The molecule has 1 N–H and O–H groups in total. The van der Waals surface area contributed by atoms with E-state index in [0.29, 0.717) is 6.04 Å². The van der Waals surface area contributed by atoms with Crippen LogP contribution in [0.3, 0.4) is 0 Å². The molecule has 0 radical (unpaired) electrons. The van der Waals surface area contributed by atoms with Crippen LogP contribution < -0.4 is 0 Å². The molecular weight excluding hydrogens is 282 g/mol. The molecule has 2 unspecified atom stereocenters. The molecule has 4 rings (SSSR count). The molecule has 0 amide bonds. The van der Waals surface area contributed by atoms with E-state index in [1.54, 1.807) is 0 Å². The van der Waals surface area contributed by atoms with Gasteiger partial charge in [-0.25, -0.2) is 4.98 Å². The molecule has 1 aromatic rings. The molecule has 114 valence electrons. The number of H-pyrrole nitrogens is 1. The predicted octanol–water partition coefficient (Wildman–Crippen LogP) is 2.94. The van der Waals surface area contributed by atoms with Gasteiger partial charge >= 0.3 is 0 Å². The van der Waals surface area contributed by atoms with Crippen LogP contribution in [0.4, 0.5) is 0 Å². The quantitative estimate of drug-likeness (QED) is 0.640. The van der Waals surface area contributed by atoms with Crippen LogP contribution in [-0.4, -0.2) is 40.6 Å². The molecule has 0 aromatic carbocycles. The second-order valence-electron chi connectivity index (χ2n) is 6.56. The monoisotopic (exact) mass is 305 g/mol. The zero-order chi connectivity index (χ0) is 14.2. The smallest absolute Gasteiger partial charge is 0.138 e. The van der Waals surface area contributed by atoms with Crippen LogP contribution in [0.2, 0.25) is 0 Å². The lowest BCUT2D eigenvalue weighted by atomic mass is 10.1. The summed E-state index contributed by atoms with van der Waals surface area (Å²) in [4.78, 5) is 10.8. The number of nitrogens with one attached hydrogen (secondary N) is 1. The average molecular weight is 305 g/mol. The molecule has 3 heterocycles. The maximum Gasteiger partial charge on any atom is 0.138 e. The van der Waals surface area contributed by atoms with Crippen LogP contribution in [0.15, 0.2) is 0 Å². The van der Waals surface area contributed by atoms with Crippen molar-refractivity contribution in [3.05, 3.63) is 21.7 Å². The highest BCUT2D eigenvalue weighted by Crippen LogP contribution is 2.29. The third-order valence-corrected chi connectivity index (χ3v) is 5.51. The van der Waals surface area contributed by atoms with E-state index >= 15 is 0 Å². The molecule has 21 heavy (non-hydrogen) atoms. The van der Waals surface area contributed by atoms with Gasteiger partial charge in [-0.3, -0.25) is 4.90 Å². The van der Waals surface area contributed by atoms with Crippen LogP contribution in [-0.2, 0) is 17.6 Å². The molecule has 1 aromatic heterocycles. The summed E-state index contributed by atoms with van der Waals surface area (Å²) in [6, 6.07) is 0.630. The lowest BCUT2D eigenvalue weighted by molar-refractivity contribution is -0.0542. The number of aromatic amines is 1. The summed E-state index contributed by atoms with van der Waals surface area (Å²) in [5.41, 5.74) is 2.59. The van der Waals surface area contributed by atoms with E-state index in [2.05, 4.69) is 14.9 Å². The fourth-order valence-electron chi connectivity index (χ4n) is 3.95. The highest BCUT2D eigenvalue weighted by atomic mass is 32.1. The van der Waals surface area contributed by atoms with Gasteiger partial charge < -0.3 is 9.72 Å². The minimum Gasteiger partial charge on any atom is -0.367 e. The molecule has 0 spiro atoms. The van der Waals surface area contributed by atoms with Crippen LogP contribution in [0.1, 0.15) is 55.3 Å². The molecule has 5 heteroatoms. The normalized spacial score (nSPS) is 29.7. The number of nitrogens with zero attached hydrogens (tertiary/aromatic N) is 2. The summed E-state index contributed by atoms with van der Waals surface area (Å²) < 4.78 is 6.87. The van der Waals surface area contributed by atoms with Gasteiger partial charge in [-0.05, 0) is 45.1 Å². The highest BCUT2D eigenvalue weighted by molar-refractivity contribution is 7.71. The van der Waals surface area contributed by atoms with Crippen molar-refractivity contribution in [3.63, 3.8) is 0 Å². The van der Waals surface area contributed by atoms with Crippen molar-refractivity contribution in [1.29, 1.82) is 0 Å². The number of hydrogen-bond donors (Lipinski definition) is 1. The largest absolute Gasteiger partial charge is 0.367 e. The molecule has 3 aliphatic rings. The molecule has 4 nitrogen and oxygen atoms in total. The van der Waals surface area contributed by atoms with E-state index < -0.39 is 0 Å². The molecule has 0 saturated carbocycles. The van der Waals surface area contributed by atoms with E-state index in [-0.39, 0.29) is 6.10 Å². The number of fused-ring (bicyclic) bond motifs is 2. The van der Waals surface area contributed by atoms with Crippen molar-refractivity contribution in [2.45, 2.75) is 57.1 Å². The summed E-state index contributed by atoms with van der Waals surface area (Å²) in [6.45, 7) is 3.00. The number of aryl methyl sites for hydroxylation is 1. The molecule has 1 aliphatic carbocycles. The first kappa shape index (κ1) is 13.9. The standard InChI is InChI=1S/C16H23N3OS/c21-16-12-6-2-1-3-7-13(12)17-15(18-16)14-9-19-8-4-5-11(19)10-20-14/h11,14H,1-10H2,(H,17,18,21). The highest BCUT2D eigenvalue weighted by Gasteiger charge is 2.34. The summed E-state index contributed by atoms with van der Waals surface area (Å²) >= 11 is 5.55. The minimum absolute atomic E-state index is 0.0644. The Morgan fingerprint density at radius 3 is 3.05 bits per heavy atom. The maximum atomic E-state index is 6.07. The van der Waals surface area contributed by atoms with Gasteiger partial charge in [-0.15, -0.1) is 0 Å². The Kier molecular flexibility index (Phi) is 3.81. The van der Waals surface area contributed by atoms with Crippen molar-refractivity contribution in [2.75, 3.05) is 19.7 Å². The van der Waals surface area contributed by atoms with Crippen LogP contribution in [0, 0.1) is 4.64 Å². The Morgan fingerprint density at radius 2 is 2.10 bits per heavy atom.